The number of aromatic nitrogens is 4. The lowest BCUT2D eigenvalue weighted by Gasteiger charge is -2.14. The van der Waals surface area contributed by atoms with Gasteiger partial charge in [-0.05, 0) is 12.5 Å². The van der Waals surface area contributed by atoms with Crippen LogP contribution < -0.4 is 5.56 Å². The van der Waals surface area contributed by atoms with E-state index in [-0.39, 0.29) is 11.6 Å². The highest BCUT2D eigenvalue weighted by molar-refractivity contribution is 5.71. The summed E-state index contributed by atoms with van der Waals surface area (Å²) in [5.74, 6) is 0. The monoisotopic (exact) mass is 240 g/mol. The molecule has 90 valence electrons. The van der Waals surface area contributed by atoms with E-state index in [2.05, 4.69) is 15.2 Å². The van der Waals surface area contributed by atoms with Crippen molar-refractivity contribution in [2.45, 2.75) is 13.0 Å². The number of rotatable bonds is 2. The maximum atomic E-state index is 12.3. The highest BCUT2D eigenvalue weighted by atomic mass is 16.1. The van der Waals surface area contributed by atoms with Crippen LogP contribution in [0.5, 0.6) is 0 Å². The van der Waals surface area contributed by atoms with Gasteiger partial charge < -0.3 is 0 Å². The van der Waals surface area contributed by atoms with Crippen LogP contribution in [-0.4, -0.2) is 19.7 Å². The van der Waals surface area contributed by atoms with Crippen LogP contribution in [0, 0.1) is 0 Å². The third-order valence-electron chi connectivity index (χ3n) is 3.09. The van der Waals surface area contributed by atoms with Crippen LogP contribution in [0.15, 0.2) is 47.7 Å². The molecule has 0 bridgehead atoms. The van der Waals surface area contributed by atoms with Crippen LogP contribution in [0.4, 0.5) is 0 Å². The Hall–Kier alpha value is -2.43. The first-order valence-electron chi connectivity index (χ1n) is 5.72. The standard InChI is InChI=1S/C13H12N4O/c1-9(10-5-3-2-4-6-10)17-8-14-12-11(13(17)18)7-15-16-12/h2-9H,1H3,(H,15,16). The summed E-state index contributed by atoms with van der Waals surface area (Å²) in [6.45, 7) is 1.98. The number of hydrogen-bond donors (Lipinski definition) is 1. The number of aromatic amines is 1. The molecule has 3 rings (SSSR count). The molecule has 5 nitrogen and oxygen atoms in total. The van der Waals surface area contributed by atoms with Crippen LogP contribution in [0.25, 0.3) is 11.0 Å². The molecule has 1 aromatic carbocycles. The fourth-order valence-electron chi connectivity index (χ4n) is 2.01. The van der Waals surface area contributed by atoms with Gasteiger partial charge in [-0.3, -0.25) is 14.5 Å². The van der Waals surface area contributed by atoms with Gasteiger partial charge in [0.1, 0.15) is 11.7 Å². The summed E-state index contributed by atoms with van der Waals surface area (Å²) in [5.41, 5.74) is 1.52. The van der Waals surface area contributed by atoms with Gasteiger partial charge in [0.05, 0.1) is 12.2 Å². The molecule has 2 aromatic heterocycles. The van der Waals surface area contributed by atoms with Crippen molar-refractivity contribution < 1.29 is 0 Å². The maximum Gasteiger partial charge on any atom is 0.265 e. The molecule has 2 heterocycles. The van der Waals surface area contributed by atoms with Crippen molar-refractivity contribution >= 4 is 11.0 Å². The first kappa shape index (κ1) is 10.7. The highest BCUT2D eigenvalue weighted by Crippen LogP contribution is 2.15. The molecule has 1 unspecified atom stereocenters. The van der Waals surface area contributed by atoms with Gasteiger partial charge in [-0.25, -0.2) is 4.98 Å². The van der Waals surface area contributed by atoms with Crippen molar-refractivity contribution in [1.82, 2.24) is 19.7 Å². The SMILES string of the molecule is CC(c1ccccc1)n1cnc2[nH]ncc2c1=O. The minimum atomic E-state index is -0.0786. The predicted octanol–water partition coefficient (Wildman–Crippen LogP) is 1.73. The average molecular weight is 240 g/mol. The average Bonchev–Trinajstić information content (AvgIpc) is 2.89. The lowest BCUT2D eigenvalue weighted by molar-refractivity contribution is 0.609. The molecule has 0 spiro atoms. The fraction of sp³-hybridized carbons (Fsp3) is 0.154. The van der Waals surface area contributed by atoms with Gasteiger partial charge in [0.15, 0.2) is 5.65 Å². The lowest BCUT2D eigenvalue weighted by atomic mass is 10.1. The Morgan fingerprint density at radius 1 is 1.28 bits per heavy atom. The van der Waals surface area contributed by atoms with Gasteiger partial charge in [0.25, 0.3) is 5.56 Å². The van der Waals surface area contributed by atoms with Crippen LogP contribution >= 0.6 is 0 Å². The lowest BCUT2D eigenvalue weighted by Crippen LogP contribution is -2.23. The Morgan fingerprint density at radius 3 is 2.83 bits per heavy atom. The van der Waals surface area contributed by atoms with Crippen LogP contribution in [0.1, 0.15) is 18.5 Å². The van der Waals surface area contributed by atoms with Gasteiger partial charge in [-0.1, -0.05) is 30.3 Å². The Morgan fingerprint density at radius 2 is 2.06 bits per heavy atom. The Labute approximate surface area is 103 Å². The zero-order valence-electron chi connectivity index (χ0n) is 9.87. The molecule has 0 radical (unpaired) electrons. The molecule has 0 aliphatic rings. The van der Waals surface area contributed by atoms with Crippen LogP contribution in [0.3, 0.4) is 0 Å². The Kier molecular flexibility index (Phi) is 2.44. The van der Waals surface area contributed by atoms with Gasteiger partial charge in [0.2, 0.25) is 0 Å². The van der Waals surface area contributed by atoms with E-state index in [1.54, 1.807) is 10.9 Å². The predicted molar refractivity (Wildman–Crippen MR) is 68.4 cm³/mol. The summed E-state index contributed by atoms with van der Waals surface area (Å²) in [5, 5.41) is 7.04. The number of nitrogens with one attached hydrogen (secondary N) is 1. The quantitative estimate of drug-likeness (QED) is 0.742. The largest absolute Gasteiger partial charge is 0.291 e. The molecular weight excluding hydrogens is 228 g/mol. The molecule has 1 N–H and O–H groups in total. The van der Waals surface area contributed by atoms with Gasteiger partial charge in [0, 0.05) is 0 Å². The summed E-state index contributed by atoms with van der Waals surface area (Å²) in [6.07, 6.45) is 3.07. The number of fused-ring (bicyclic) bond motifs is 1. The fourth-order valence-corrected chi connectivity index (χ4v) is 2.01. The minimum Gasteiger partial charge on any atom is -0.291 e. The van der Waals surface area contributed by atoms with Gasteiger partial charge in [-0.2, -0.15) is 5.10 Å². The molecule has 0 amide bonds. The molecule has 18 heavy (non-hydrogen) atoms. The number of benzene rings is 1. The molecular formula is C13H12N4O. The first-order chi connectivity index (χ1) is 8.77. The van der Waals surface area contributed by atoms with Crippen molar-refractivity contribution in [1.29, 1.82) is 0 Å². The van der Waals surface area contributed by atoms with E-state index in [0.717, 1.165) is 5.56 Å². The number of nitrogens with zero attached hydrogens (tertiary/aromatic N) is 3. The highest BCUT2D eigenvalue weighted by Gasteiger charge is 2.12. The van der Waals surface area contributed by atoms with Crippen molar-refractivity contribution in [2.75, 3.05) is 0 Å². The maximum absolute atomic E-state index is 12.3. The topological polar surface area (TPSA) is 63.6 Å². The minimum absolute atomic E-state index is 0.0505. The third-order valence-corrected chi connectivity index (χ3v) is 3.09. The normalized spacial score (nSPS) is 12.7. The van der Waals surface area contributed by atoms with E-state index in [4.69, 9.17) is 0 Å². The van der Waals surface area contributed by atoms with E-state index in [1.807, 2.05) is 37.3 Å². The number of hydrogen-bond acceptors (Lipinski definition) is 3. The smallest absolute Gasteiger partial charge is 0.265 e. The second-order valence-electron chi connectivity index (χ2n) is 4.18. The molecule has 0 aliphatic carbocycles. The molecule has 5 heteroatoms. The van der Waals surface area contributed by atoms with Crippen LogP contribution in [0.2, 0.25) is 0 Å². The number of H-pyrrole nitrogens is 1. The first-order valence-corrected chi connectivity index (χ1v) is 5.72. The Bertz CT molecular complexity index is 729. The molecule has 1 atom stereocenters. The molecule has 0 saturated carbocycles. The zero-order valence-corrected chi connectivity index (χ0v) is 9.87. The summed E-state index contributed by atoms with van der Waals surface area (Å²) in [4.78, 5) is 16.5. The van der Waals surface area contributed by atoms with E-state index >= 15 is 0 Å². The summed E-state index contributed by atoms with van der Waals surface area (Å²) in [6, 6.07) is 9.82. The summed E-state index contributed by atoms with van der Waals surface area (Å²) in [7, 11) is 0. The molecule has 0 fully saturated rings. The summed E-state index contributed by atoms with van der Waals surface area (Å²) >= 11 is 0. The van der Waals surface area contributed by atoms with Gasteiger partial charge in [-0.15, -0.1) is 0 Å². The van der Waals surface area contributed by atoms with Crippen molar-refractivity contribution in [3.05, 3.63) is 58.8 Å². The van der Waals surface area contributed by atoms with E-state index < -0.39 is 0 Å². The zero-order chi connectivity index (χ0) is 12.5. The second-order valence-corrected chi connectivity index (χ2v) is 4.18. The van der Waals surface area contributed by atoms with E-state index in [1.165, 1.54) is 6.20 Å². The summed E-state index contributed by atoms with van der Waals surface area (Å²) < 4.78 is 1.62. The van der Waals surface area contributed by atoms with Crippen molar-refractivity contribution in [3.63, 3.8) is 0 Å². The van der Waals surface area contributed by atoms with Crippen molar-refractivity contribution in [3.8, 4) is 0 Å². The second kappa shape index (κ2) is 4.10. The van der Waals surface area contributed by atoms with E-state index in [0.29, 0.717) is 11.0 Å². The molecule has 0 saturated heterocycles. The van der Waals surface area contributed by atoms with Crippen molar-refractivity contribution in [2.24, 2.45) is 0 Å². The van der Waals surface area contributed by atoms with Crippen LogP contribution in [-0.2, 0) is 0 Å². The van der Waals surface area contributed by atoms with E-state index in [9.17, 15) is 4.79 Å². The molecule has 3 aromatic rings. The molecule has 0 aliphatic heterocycles. The third kappa shape index (κ3) is 1.60. The van der Waals surface area contributed by atoms with Gasteiger partial charge >= 0.3 is 0 Å². The Balaban J connectivity index is 2.15.